The summed E-state index contributed by atoms with van der Waals surface area (Å²) in [5.41, 5.74) is 2.21. The van der Waals surface area contributed by atoms with E-state index in [1.165, 1.54) is 11.3 Å². The zero-order chi connectivity index (χ0) is 25.3. The molecule has 4 heterocycles. The van der Waals surface area contributed by atoms with Gasteiger partial charge in [0, 0.05) is 43.1 Å². The van der Waals surface area contributed by atoms with Gasteiger partial charge in [-0.3, -0.25) is 14.4 Å². The van der Waals surface area contributed by atoms with Crippen LogP contribution < -0.4 is 10.1 Å². The lowest BCUT2D eigenvalue weighted by Crippen LogP contribution is -2.43. The van der Waals surface area contributed by atoms with Crippen molar-refractivity contribution in [2.75, 3.05) is 26.3 Å². The Labute approximate surface area is 210 Å². The van der Waals surface area contributed by atoms with Crippen molar-refractivity contribution >= 4 is 28.1 Å². The quantitative estimate of drug-likeness (QED) is 0.509. The molecule has 5 rings (SSSR count). The summed E-state index contributed by atoms with van der Waals surface area (Å²) in [7, 11) is 1.83. The molecule has 2 aliphatic rings. The highest BCUT2D eigenvalue weighted by Crippen LogP contribution is 2.31. The van der Waals surface area contributed by atoms with Crippen LogP contribution in [0.25, 0.3) is 10.9 Å². The van der Waals surface area contributed by atoms with Gasteiger partial charge < -0.3 is 14.8 Å². The summed E-state index contributed by atoms with van der Waals surface area (Å²) < 4.78 is 49.7. The van der Waals surface area contributed by atoms with Crippen molar-refractivity contribution < 1.29 is 27.4 Å². The summed E-state index contributed by atoms with van der Waals surface area (Å²) in [5, 5.41) is 8.37. The van der Waals surface area contributed by atoms with Crippen molar-refractivity contribution in [2.24, 2.45) is 7.05 Å². The lowest BCUT2D eigenvalue weighted by Gasteiger charge is -2.32. The zero-order valence-electron chi connectivity index (χ0n) is 19.9. The van der Waals surface area contributed by atoms with E-state index in [0.29, 0.717) is 18.7 Å². The Morgan fingerprint density at radius 1 is 1.33 bits per heavy atom. The maximum Gasteiger partial charge on any atom is 0.422 e. The van der Waals surface area contributed by atoms with Gasteiger partial charge in [0.25, 0.3) is 11.1 Å². The molecule has 2 aromatic heterocycles. The maximum atomic E-state index is 12.9. The number of hydrogen-bond acceptors (Lipinski definition) is 7. The molecular weight excluding hydrogens is 495 g/mol. The molecule has 2 aliphatic heterocycles. The highest BCUT2D eigenvalue weighted by molar-refractivity contribution is 7.13. The second kappa shape index (κ2) is 10.3. The van der Waals surface area contributed by atoms with Crippen LogP contribution in [0.2, 0.25) is 0 Å². The van der Waals surface area contributed by atoms with E-state index in [4.69, 9.17) is 9.47 Å². The Morgan fingerprint density at radius 3 is 2.97 bits per heavy atom. The molecule has 1 aromatic carbocycles. The van der Waals surface area contributed by atoms with Gasteiger partial charge in [0.2, 0.25) is 0 Å². The number of aromatic nitrogens is 3. The van der Waals surface area contributed by atoms with Gasteiger partial charge in [0.1, 0.15) is 0 Å². The summed E-state index contributed by atoms with van der Waals surface area (Å²) in [5.74, 6) is -0.119. The van der Waals surface area contributed by atoms with Crippen LogP contribution >= 0.6 is 11.3 Å². The molecule has 3 aromatic rings. The molecule has 1 amide bonds. The number of ether oxygens (including phenoxy) is 2. The molecule has 36 heavy (non-hydrogen) atoms. The van der Waals surface area contributed by atoms with Crippen LogP contribution in [0.4, 0.5) is 13.2 Å². The van der Waals surface area contributed by atoms with E-state index in [2.05, 4.69) is 20.3 Å². The van der Waals surface area contributed by atoms with Crippen molar-refractivity contribution in [2.45, 2.75) is 50.6 Å². The van der Waals surface area contributed by atoms with Crippen LogP contribution in [0.1, 0.15) is 40.2 Å². The van der Waals surface area contributed by atoms with Crippen LogP contribution in [-0.2, 0) is 24.8 Å². The van der Waals surface area contributed by atoms with Gasteiger partial charge >= 0.3 is 6.18 Å². The Morgan fingerprint density at radius 2 is 2.19 bits per heavy atom. The van der Waals surface area contributed by atoms with Gasteiger partial charge in [-0.05, 0) is 37.8 Å². The Hall–Kier alpha value is -2.70. The van der Waals surface area contributed by atoms with E-state index in [1.807, 2.05) is 31.4 Å². The summed E-state index contributed by atoms with van der Waals surface area (Å²) in [4.78, 5) is 20.4. The van der Waals surface area contributed by atoms with E-state index in [0.717, 1.165) is 60.2 Å². The highest BCUT2D eigenvalue weighted by atomic mass is 32.1. The summed E-state index contributed by atoms with van der Waals surface area (Å²) in [6.45, 7) is 1.41. The third-order valence-electron chi connectivity index (χ3n) is 6.53. The van der Waals surface area contributed by atoms with E-state index in [9.17, 15) is 18.0 Å². The molecule has 0 unspecified atom stereocenters. The topological polar surface area (TPSA) is 81.5 Å². The molecule has 0 bridgehead atoms. The molecule has 0 spiro atoms. The molecule has 0 radical (unpaired) electrons. The lowest BCUT2D eigenvalue weighted by atomic mass is 10.0. The SMILES string of the molecule is Cn1cc2c(C(=O)N[C@H]3CC[C@H](CCN4CCc5sc(OCC(F)(F)F)nc5C4)OC3)cccc2n1. The molecule has 2 atom stereocenters. The first-order chi connectivity index (χ1) is 17.2. The zero-order valence-corrected chi connectivity index (χ0v) is 20.7. The fraction of sp³-hybridized carbons (Fsp3) is 0.542. The Bertz CT molecular complexity index is 1220. The van der Waals surface area contributed by atoms with Crippen molar-refractivity contribution in [1.82, 2.24) is 25.0 Å². The molecule has 1 fully saturated rings. The highest BCUT2D eigenvalue weighted by Gasteiger charge is 2.30. The number of alkyl halides is 3. The normalized spacial score (nSPS) is 20.9. The van der Waals surface area contributed by atoms with Crippen molar-refractivity contribution in [1.29, 1.82) is 0 Å². The van der Waals surface area contributed by atoms with Gasteiger partial charge in [-0.15, -0.1) is 0 Å². The first kappa shape index (κ1) is 25.0. The van der Waals surface area contributed by atoms with Gasteiger partial charge in [0.15, 0.2) is 6.61 Å². The molecule has 194 valence electrons. The minimum atomic E-state index is -4.37. The predicted molar refractivity (Wildman–Crippen MR) is 128 cm³/mol. The number of benzene rings is 1. The van der Waals surface area contributed by atoms with Crippen LogP contribution in [0, 0.1) is 0 Å². The Kier molecular flexibility index (Phi) is 7.18. The van der Waals surface area contributed by atoms with Crippen LogP contribution in [-0.4, -0.2) is 70.2 Å². The minimum Gasteiger partial charge on any atom is -0.460 e. The second-order valence-corrected chi connectivity index (χ2v) is 10.4. The monoisotopic (exact) mass is 523 g/mol. The van der Waals surface area contributed by atoms with Gasteiger partial charge in [0.05, 0.1) is 35.5 Å². The molecular formula is C24H28F3N5O3S. The number of nitrogens with one attached hydrogen (secondary N) is 1. The number of amides is 1. The van der Waals surface area contributed by atoms with Crippen molar-refractivity contribution in [3.8, 4) is 5.19 Å². The van der Waals surface area contributed by atoms with Gasteiger partial charge in [-0.25, -0.2) is 4.98 Å². The third-order valence-corrected chi connectivity index (χ3v) is 7.60. The molecule has 12 heteroatoms. The fourth-order valence-corrected chi connectivity index (χ4v) is 5.63. The number of carbonyl (C=O) groups excluding carboxylic acids is 1. The lowest BCUT2D eigenvalue weighted by molar-refractivity contribution is -0.153. The number of carbonyl (C=O) groups is 1. The molecule has 1 N–H and O–H groups in total. The maximum absolute atomic E-state index is 12.9. The molecule has 1 saturated heterocycles. The van der Waals surface area contributed by atoms with E-state index in [1.54, 1.807) is 4.68 Å². The number of nitrogens with zero attached hydrogens (tertiary/aromatic N) is 4. The predicted octanol–water partition coefficient (Wildman–Crippen LogP) is 3.70. The van der Waals surface area contributed by atoms with E-state index >= 15 is 0 Å². The molecule has 8 nitrogen and oxygen atoms in total. The third kappa shape index (κ3) is 5.98. The first-order valence-electron chi connectivity index (χ1n) is 12.0. The Balaban J connectivity index is 1.06. The second-order valence-electron chi connectivity index (χ2n) is 9.31. The average molecular weight is 524 g/mol. The fourth-order valence-electron chi connectivity index (χ4n) is 4.72. The van der Waals surface area contributed by atoms with Gasteiger partial charge in [-0.1, -0.05) is 17.4 Å². The summed E-state index contributed by atoms with van der Waals surface area (Å²) in [6, 6.07) is 5.49. The molecule has 0 saturated carbocycles. The summed E-state index contributed by atoms with van der Waals surface area (Å²) in [6.07, 6.45) is 0.903. The summed E-state index contributed by atoms with van der Waals surface area (Å²) >= 11 is 1.21. The smallest absolute Gasteiger partial charge is 0.422 e. The van der Waals surface area contributed by atoms with E-state index in [-0.39, 0.29) is 23.2 Å². The number of hydrogen-bond donors (Lipinski definition) is 1. The number of halogens is 3. The largest absolute Gasteiger partial charge is 0.460 e. The van der Waals surface area contributed by atoms with Crippen LogP contribution in [0.3, 0.4) is 0 Å². The minimum absolute atomic E-state index is 0.0386. The van der Waals surface area contributed by atoms with Crippen molar-refractivity contribution in [3.63, 3.8) is 0 Å². The van der Waals surface area contributed by atoms with Gasteiger partial charge in [-0.2, -0.15) is 18.3 Å². The van der Waals surface area contributed by atoms with E-state index < -0.39 is 12.8 Å². The number of fused-ring (bicyclic) bond motifs is 2. The molecule has 0 aliphatic carbocycles. The standard InChI is InChI=1S/C24H28F3N5O3S/c1-31-11-18-17(3-2-4-19(18)30-31)22(33)28-15-5-6-16(34-13-15)7-9-32-10-8-21-20(12-32)29-23(36-21)35-14-24(25,26)27/h2-4,11,15-16H,5-10,12-14H2,1H3,(H,28,33)/t15-,16+/m0/s1. The average Bonchev–Trinajstić information content (AvgIpc) is 3.43. The first-order valence-corrected chi connectivity index (χ1v) is 12.8. The number of thiazole rings is 1. The van der Waals surface area contributed by atoms with Crippen LogP contribution in [0.15, 0.2) is 24.4 Å². The number of aryl methyl sites for hydroxylation is 1. The van der Waals surface area contributed by atoms with Crippen LogP contribution in [0.5, 0.6) is 5.19 Å². The number of rotatable bonds is 7. The van der Waals surface area contributed by atoms with Crippen molar-refractivity contribution in [3.05, 3.63) is 40.5 Å².